The zero-order chi connectivity index (χ0) is 24.5. The van der Waals surface area contributed by atoms with Gasteiger partial charge in [0.15, 0.2) is 5.78 Å². The summed E-state index contributed by atoms with van der Waals surface area (Å²) in [5, 5.41) is 7.34. The lowest BCUT2D eigenvalue weighted by molar-refractivity contribution is -0.113. The zero-order valence-electron chi connectivity index (χ0n) is 19.0. The summed E-state index contributed by atoms with van der Waals surface area (Å²) < 4.78 is 0. The molecule has 2 aliphatic rings. The van der Waals surface area contributed by atoms with Crippen molar-refractivity contribution in [2.45, 2.75) is 12.8 Å². The number of rotatable bonds is 5. The molecule has 3 aromatic rings. The molecule has 0 bridgehead atoms. The Balaban J connectivity index is 1.69. The van der Waals surface area contributed by atoms with Crippen molar-refractivity contribution in [2.24, 2.45) is 0 Å². The van der Waals surface area contributed by atoms with Crippen molar-refractivity contribution in [3.63, 3.8) is 0 Å². The average Bonchev–Trinajstić information content (AvgIpc) is 3.35. The van der Waals surface area contributed by atoms with Crippen molar-refractivity contribution < 1.29 is 9.59 Å². The van der Waals surface area contributed by atoms with E-state index in [1.54, 1.807) is 36.4 Å². The van der Waals surface area contributed by atoms with Gasteiger partial charge in [0.05, 0.1) is 10.6 Å². The third-order valence-electron chi connectivity index (χ3n) is 6.37. The van der Waals surface area contributed by atoms with Crippen molar-refractivity contribution in [2.75, 3.05) is 18.4 Å². The van der Waals surface area contributed by atoms with E-state index in [4.69, 9.17) is 23.2 Å². The van der Waals surface area contributed by atoms with Gasteiger partial charge >= 0.3 is 0 Å². The molecule has 0 radical (unpaired) electrons. The largest absolute Gasteiger partial charge is 0.369 e. The average molecular weight is 504 g/mol. The highest BCUT2D eigenvalue weighted by Gasteiger charge is 2.42. The Labute approximate surface area is 214 Å². The number of carbonyl (C=O) groups excluding carboxylic acids is 2. The molecule has 3 aromatic carbocycles. The Morgan fingerprint density at radius 1 is 0.914 bits per heavy atom. The van der Waals surface area contributed by atoms with Crippen LogP contribution < -0.4 is 10.6 Å². The molecular formula is C28H23Cl2N3O2. The molecule has 2 heterocycles. The summed E-state index contributed by atoms with van der Waals surface area (Å²) in [4.78, 5) is 29.9. The molecule has 2 aliphatic heterocycles. The zero-order valence-corrected chi connectivity index (χ0v) is 20.5. The minimum absolute atomic E-state index is 0.220. The molecule has 0 spiro atoms. The van der Waals surface area contributed by atoms with Gasteiger partial charge in [0.1, 0.15) is 5.82 Å². The third kappa shape index (κ3) is 4.33. The molecule has 7 heteroatoms. The van der Waals surface area contributed by atoms with Gasteiger partial charge in [-0.25, -0.2) is 0 Å². The molecule has 2 N–H and O–H groups in total. The van der Waals surface area contributed by atoms with Crippen LogP contribution in [0.3, 0.4) is 0 Å². The highest BCUT2D eigenvalue weighted by Crippen LogP contribution is 2.44. The van der Waals surface area contributed by atoms with E-state index in [0.29, 0.717) is 51.4 Å². The molecule has 5 rings (SSSR count). The van der Waals surface area contributed by atoms with Gasteiger partial charge in [0.25, 0.3) is 5.91 Å². The van der Waals surface area contributed by atoms with Crippen LogP contribution in [0.15, 0.2) is 102 Å². The first-order valence-electron chi connectivity index (χ1n) is 11.3. The maximum absolute atomic E-state index is 14.1. The number of Topliss-reactive ketones (excluding diaryl/α,β-unsaturated/α-hetero) is 1. The summed E-state index contributed by atoms with van der Waals surface area (Å²) >= 11 is 12.6. The molecular weight excluding hydrogens is 481 g/mol. The molecule has 1 saturated heterocycles. The van der Waals surface area contributed by atoms with Gasteiger partial charge in [-0.2, -0.15) is 0 Å². The first kappa shape index (κ1) is 23.2. The molecule has 176 valence electrons. The topological polar surface area (TPSA) is 61.4 Å². The molecule has 35 heavy (non-hydrogen) atoms. The number of benzene rings is 3. The number of nitrogens with zero attached hydrogens (tertiary/aromatic N) is 1. The van der Waals surface area contributed by atoms with Crippen LogP contribution in [0.1, 0.15) is 28.8 Å². The van der Waals surface area contributed by atoms with Crippen LogP contribution in [0.2, 0.25) is 10.0 Å². The van der Waals surface area contributed by atoms with Gasteiger partial charge in [-0.1, -0.05) is 65.7 Å². The molecule has 1 fully saturated rings. The van der Waals surface area contributed by atoms with Crippen molar-refractivity contribution in [3.8, 4) is 0 Å². The minimum atomic E-state index is -0.614. The summed E-state index contributed by atoms with van der Waals surface area (Å²) in [5.41, 5.74) is 3.67. The van der Waals surface area contributed by atoms with E-state index in [1.807, 2.05) is 54.3 Å². The lowest BCUT2D eigenvalue weighted by Crippen LogP contribution is -2.36. The van der Waals surface area contributed by atoms with Gasteiger partial charge in [0.2, 0.25) is 0 Å². The first-order chi connectivity index (χ1) is 17.0. The monoisotopic (exact) mass is 503 g/mol. The van der Waals surface area contributed by atoms with E-state index in [0.717, 1.165) is 11.3 Å². The second-order valence-corrected chi connectivity index (χ2v) is 9.30. The first-order valence-corrected chi connectivity index (χ1v) is 12.1. The number of amides is 1. The second kappa shape index (κ2) is 9.61. The van der Waals surface area contributed by atoms with Crippen LogP contribution in [-0.2, 0) is 4.79 Å². The summed E-state index contributed by atoms with van der Waals surface area (Å²) in [6, 6.07) is 23.6. The quantitative estimate of drug-likeness (QED) is 0.419. The Kier molecular flexibility index (Phi) is 6.37. The van der Waals surface area contributed by atoms with E-state index in [1.165, 1.54) is 0 Å². The van der Waals surface area contributed by atoms with Crippen LogP contribution in [0.5, 0.6) is 0 Å². The summed E-state index contributed by atoms with van der Waals surface area (Å²) in [5.74, 6) is -0.383. The fourth-order valence-corrected chi connectivity index (χ4v) is 5.09. The molecule has 0 aromatic heterocycles. The normalized spacial score (nSPS) is 17.2. The highest BCUT2D eigenvalue weighted by atomic mass is 35.5. The van der Waals surface area contributed by atoms with E-state index < -0.39 is 5.92 Å². The minimum Gasteiger partial charge on any atom is -0.369 e. The summed E-state index contributed by atoms with van der Waals surface area (Å²) in [7, 11) is 0. The Bertz CT molecular complexity index is 1360. The van der Waals surface area contributed by atoms with Crippen LogP contribution in [0.25, 0.3) is 0 Å². The van der Waals surface area contributed by atoms with E-state index >= 15 is 0 Å². The maximum atomic E-state index is 14.1. The van der Waals surface area contributed by atoms with Crippen molar-refractivity contribution >= 4 is 40.6 Å². The van der Waals surface area contributed by atoms with E-state index in [9.17, 15) is 9.59 Å². The number of nitrogens with one attached hydrogen (secondary N) is 2. The number of carbonyl (C=O) groups is 2. The van der Waals surface area contributed by atoms with Crippen LogP contribution in [0.4, 0.5) is 5.69 Å². The van der Waals surface area contributed by atoms with E-state index in [-0.39, 0.29) is 11.7 Å². The van der Waals surface area contributed by atoms with Crippen molar-refractivity contribution in [3.05, 3.63) is 123 Å². The Morgan fingerprint density at radius 3 is 2.31 bits per heavy atom. The number of anilines is 1. The van der Waals surface area contributed by atoms with Crippen LogP contribution >= 0.6 is 23.2 Å². The third-order valence-corrected chi connectivity index (χ3v) is 6.95. The van der Waals surface area contributed by atoms with Gasteiger partial charge in [-0.05, 0) is 48.9 Å². The Hall–Kier alpha value is -3.54. The Morgan fingerprint density at radius 2 is 1.60 bits per heavy atom. The molecule has 1 amide bonds. The van der Waals surface area contributed by atoms with Crippen LogP contribution in [-0.4, -0.2) is 29.7 Å². The molecule has 1 unspecified atom stereocenters. The van der Waals surface area contributed by atoms with Crippen molar-refractivity contribution in [1.29, 1.82) is 0 Å². The van der Waals surface area contributed by atoms with Gasteiger partial charge in [0, 0.05) is 46.6 Å². The smallest absolute Gasteiger partial charge is 0.254 e. The number of ketones is 1. The number of hydrogen-bond acceptors (Lipinski definition) is 4. The number of fused-ring (bicyclic) bond motifs is 1. The van der Waals surface area contributed by atoms with Gasteiger partial charge in [-0.15, -0.1) is 0 Å². The van der Waals surface area contributed by atoms with Gasteiger partial charge in [-0.3, -0.25) is 9.59 Å². The van der Waals surface area contributed by atoms with Crippen LogP contribution in [0, 0.1) is 0 Å². The number of allylic oxidation sites excluding steroid dienone is 2. The predicted molar refractivity (Wildman–Crippen MR) is 139 cm³/mol. The predicted octanol–water partition coefficient (Wildman–Crippen LogP) is 6.00. The molecule has 0 aliphatic carbocycles. The number of para-hydroxylation sites is 1. The highest BCUT2D eigenvalue weighted by molar-refractivity contribution is 6.35. The SMILES string of the molecule is CC1=C(C(=O)Nc2ccccc2)C(c2ccc(Cl)cc2)C(C(=O)c2ccccc2Cl)=C2NCCN12. The molecule has 0 saturated carbocycles. The summed E-state index contributed by atoms with van der Waals surface area (Å²) in [6.45, 7) is 3.23. The summed E-state index contributed by atoms with van der Waals surface area (Å²) in [6.07, 6.45) is 0. The van der Waals surface area contributed by atoms with Crippen molar-refractivity contribution in [1.82, 2.24) is 10.2 Å². The number of hydrogen-bond donors (Lipinski definition) is 2. The van der Waals surface area contributed by atoms with Gasteiger partial charge < -0.3 is 15.5 Å². The molecule has 1 atom stereocenters. The standard InChI is InChI=1S/C28H23Cl2N3O2/c1-17-23(28(35)32-20-7-3-2-4-8-20)24(18-11-13-19(29)14-12-18)25(27-31-15-16-33(17)27)26(34)21-9-5-6-10-22(21)30/h2-14,24,31H,15-16H2,1H3,(H,32,35). The number of halogens is 2. The second-order valence-electron chi connectivity index (χ2n) is 8.45. The maximum Gasteiger partial charge on any atom is 0.254 e. The fourth-order valence-electron chi connectivity index (χ4n) is 4.74. The lowest BCUT2D eigenvalue weighted by atomic mass is 9.77. The molecule has 5 nitrogen and oxygen atoms in total. The van der Waals surface area contributed by atoms with E-state index in [2.05, 4.69) is 10.6 Å². The fraction of sp³-hybridized carbons (Fsp3) is 0.143. The lowest BCUT2D eigenvalue weighted by Gasteiger charge is -2.36.